The molecule has 0 bridgehead atoms. The van der Waals surface area contributed by atoms with Gasteiger partial charge in [0.2, 0.25) is 0 Å². The lowest BCUT2D eigenvalue weighted by Gasteiger charge is -2.28. The standard InChI is InChI=1S/C29H37FO2/c1-3-5-6-7-8-10-22-15-18-25-24-17-16-23(21-13-11-20(9-4-2)12-14-21)19-26(24)29(31)32-28(25)27(22)30/h15-21H,3-14H2,1-2H3. The van der Waals surface area contributed by atoms with Crippen molar-refractivity contribution >= 4 is 21.7 Å². The van der Waals surface area contributed by atoms with Gasteiger partial charge in [0.25, 0.3) is 0 Å². The zero-order valence-corrected chi connectivity index (χ0v) is 19.7. The van der Waals surface area contributed by atoms with Gasteiger partial charge in [-0.05, 0) is 67.6 Å². The van der Waals surface area contributed by atoms with E-state index in [0.717, 1.165) is 24.1 Å². The molecule has 1 saturated carbocycles. The molecule has 0 aliphatic heterocycles. The van der Waals surface area contributed by atoms with E-state index in [1.54, 1.807) is 0 Å². The average molecular weight is 437 g/mol. The maximum atomic E-state index is 15.2. The highest BCUT2D eigenvalue weighted by Crippen LogP contribution is 2.38. The minimum atomic E-state index is -0.423. The van der Waals surface area contributed by atoms with Gasteiger partial charge >= 0.3 is 5.63 Å². The molecule has 0 N–H and O–H groups in total. The monoisotopic (exact) mass is 436 g/mol. The van der Waals surface area contributed by atoms with Gasteiger partial charge < -0.3 is 4.42 Å². The van der Waals surface area contributed by atoms with Gasteiger partial charge in [-0.15, -0.1) is 0 Å². The molecule has 0 atom stereocenters. The third kappa shape index (κ3) is 4.92. The van der Waals surface area contributed by atoms with Crippen LogP contribution >= 0.6 is 0 Å². The lowest BCUT2D eigenvalue weighted by Crippen LogP contribution is -2.13. The average Bonchev–Trinajstić information content (AvgIpc) is 2.81. The summed E-state index contributed by atoms with van der Waals surface area (Å²) in [5.74, 6) is 0.999. The van der Waals surface area contributed by atoms with Crippen LogP contribution in [0.4, 0.5) is 4.39 Å². The number of hydrogen-bond donors (Lipinski definition) is 0. The molecule has 1 aliphatic carbocycles. The third-order valence-corrected chi connectivity index (χ3v) is 7.49. The first-order valence-electron chi connectivity index (χ1n) is 12.8. The van der Waals surface area contributed by atoms with Gasteiger partial charge in [-0.2, -0.15) is 0 Å². The van der Waals surface area contributed by atoms with Crippen LogP contribution in [0, 0.1) is 11.7 Å². The van der Waals surface area contributed by atoms with Crippen molar-refractivity contribution in [1.29, 1.82) is 0 Å². The van der Waals surface area contributed by atoms with Gasteiger partial charge in [0.1, 0.15) is 0 Å². The summed E-state index contributed by atoms with van der Waals surface area (Å²) >= 11 is 0. The minimum absolute atomic E-state index is 0.112. The highest BCUT2D eigenvalue weighted by Gasteiger charge is 2.23. The van der Waals surface area contributed by atoms with E-state index in [4.69, 9.17) is 4.42 Å². The molecule has 3 heteroatoms. The van der Waals surface area contributed by atoms with Crippen molar-refractivity contribution in [1.82, 2.24) is 0 Å². The molecule has 4 rings (SSSR count). The second-order valence-corrected chi connectivity index (χ2v) is 9.78. The first kappa shape index (κ1) is 23.0. The molecule has 0 saturated heterocycles. The highest BCUT2D eigenvalue weighted by molar-refractivity contribution is 6.04. The van der Waals surface area contributed by atoms with E-state index < -0.39 is 5.63 Å². The molecule has 3 aromatic rings. The smallest absolute Gasteiger partial charge is 0.344 e. The fraction of sp³-hybridized carbons (Fsp3) is 0.552. The Labute approximate surface area is 191 Å². The summed E-state index contributed by atoms with van der Waals surface area (Å²) in [5.41, 5.74) is 1.56. The Hall–Kier alpha value is -2.16. The molecule has 0 spiro atoms. The summed E-state index contributed by atoms with van der Waals surface area (Å²) in [6.07, 6.45) is 13.9. The van der Waals surface area contributed by atoms with Crippen LogP contribution in [0.25, 0.3) is 21.7 Å². The number of benzene rings is 2. The fourth-order valence-corrected chi connectivity index (χ4v) is 5.58. The lowest BCUT2D eigenvalue weighted by atomic mass is 9.77. The molecule has 172 valence electrons. The maximum absolute atomic E-state index is 15.2. The van der Waals surface area contributed by atoms with E-state index in [0.29, 0.717) is 28.7 Å². The molecule has 2 aromatic carbocycles. The molecule has 1 aromatic heterocycles. The summed E-state index contributed by atoms with van der Waals surface area (Å²) in [4.78, 5) is 12.8. The number of aryl methyl sites for hydroxylation is 1. The number of hydrogen-bond acceptors (Lipinski definition) is 2. The van der Waals surface area contributed by atoms with Crippen molar-refractivity contribution < 1.29 is 8.81 Å². The summed E-state index contributed by atoms with van der Waals surface area (Å²) in [6, 6.07) is 9.96. The van der Waals surface area contributed by atoms with Crippen LogP contribution in [-0.4, -0.2) is 0 Å². The van der Waals surface area contributed by atoms with Gasteiger partial charge in [0.05, 0.1) is 5.39 Å². The zero-order valence-electron chi connectivity index (χ0n) is 19.7. The Bertz CT molecular complexity index is 1110. The summed E-state index contributed by atoms with van der Waals surface area (Å²) < 4.78 is 20.7. The van der Waals surface area contributed by atoms with Crippen molar-refractivity contribution in [3.63, 3.8) is 0 Å². The molecular weight excluding hydrogens is 399 g/mol. The van der Waals surface area contributed by atoms with Crippen LogP contribution in [0.2, 0.25) is 0 Å². The van der Waals surface area contributed by atoms with Crippen LogP contribution in [0.1, 0.15) is 102 Å². The van der Waals surface area contributed by atoms with Crippen molar-refractivity contribution in [3.8, 4) is 0 Å². The van der Waals surface area contributed by atoms with Crippen molar-refractivity contribution in [2.75, 3.05) is 0 Å². The molecule has 1 aliphatic rings. The van der Waals surface area contributed by atoms with Gasteiger partial charge in [0.15, 0.2) is 11.4 Å². The number of rotatable bonds is 9. The van der Waals surface area contributed by atoms with E-state index in [9.17, 15) is 4.79 Å². The van der Waals surface area contributed by atoms with E-state index in [-0.39, 0.29) is 11.4 Å². The number of unbranched alkanes of at least 4 members (excludes halogenated alkanes) is 4. The number of fused-ring (bicyclic) bond motifs is 3. The lowest BCUT2D eigenvalue weighted by molar-refractivity contribution is 0.308. The van der Waals surface area contributed by atoms with Gasteiger partial charge in [-0.25, -0.2) is 9.18 Å². The summed E-state index contributed by atoms with van der Waals surface area (Å²) in [7, 11) is 0. The third-order valence-electron chi connectivity index (χ3n) is 7.49. The first-order chi connectivity index (χ1) is 15.6. The second kappa shape index (κ2) is 10.6. The summed E-state index contributed by atoms with van der Waals surface area (Å²) in [5, 5.41) is 2.08. The number of halogens is 1. The van der Waals surface area contributed by atoms with E-state index in [2.05, 4.69) is 19.9 Å². The van der Waals surface area contributed by atoms with Gasteiger partial charge in [-0.3, -0.25) is 0 Å². The molecule has 2 nitrogen and oxygen atoms in total. The highest BCUT2D eigenvalue weighted by atomic mass is 19.1. The van der Waals surface area contributed by atoms with Crippen LogP contribution < -0.4 is 5.63 Å². The normalized spacial score (nSPS) is 19.1. The van der Waals surface area contributed by atoms with Crippen molar-refractivity contribution in [2.45, 2.75) is 96.8 Å². The van der Waals surface area contributed by atoms with Crippen LogP contribution in [-0.2, 0) is 6.42 Å². The predicted octanol–water partition coefficient (Wildman–Crippen LogP) is 8.67. The second-order valence-electron chi connectivity index (χ2n) is 9.78. The molecule has 1 heterocycles. The quantitative estimate of drug-likeness (QED) is 0.191. The Kier molecular flexibility index (Phi) is 7.65. The van der Waals surface area contributed by atoms with Gasteiger partial charge in [0, 0.05) is 10.8 Å². The van der Waals surface area contributed by atoms with E-state index >= 15 is 4.39 Å². The molecule has 32 heavy (non-hydrogen) atoms. The SMILES string of the molecule is CCCCCCCc1ccc2c(oc(=O)c3cc(C4CCC(CCC)CC4)ccc32)c1F. The maximum Gasteiger partial charge on any atom is 0.344 e. The summed E-state index contributed by atoms with van der Waals surface area (Å²) in [6.45, 7) is 4.45. The largest absolute Gasteiger partial charge is 0.419 e. The van der Waals surface area contributed by atoms with Crippen LogP contribution in [0.3, 0.4) is 0 Å². The van der Waals surface area contributed by atoms with E-state index in [1.807, 2.05) is 24.3 Å². The molecule has 0 amide bonds. The molecule has 0 radical (unpaired) electrons. The zero-order chi connectivity index (χ0) is 22.5. The minimum Gasteiger partial charge on any atom is -0.419 e. The molecule has 0 unspecified atom stereocenters. The van der Waals surface area contributed by atoms with Crippen molar-refractivity contribution in [3.05, 3.63) is 57.7 Å². The fourth-order valence-electron chi connectivity index (χ4n) is 5.58. The Morgan fingerprint density at radius 1 is 0.875 bits per heavy atom. The van der Waals surface area contributed by atoms with Crippen LogP contribution in [0.15, 0.2) is 39.5 Å². The topological polar surface area (TPSA) is 30.2 Å². The molecule has 1 fully saturated rings. The molecular formula is C29H37FO2. The Morgan fingerprint density at radius 3 is 2.38 bits per heavy atom. The predicted molar refractivity (Wildman–Crippen MR) is 132 cm³/mol. The Morgan fingerprint density at radius 2 is 1.62 bits per heavy atom. The van der Waals surface area contributed by atoms with Crippen LogP contribution in [0.5, 0.6) is 0 Å². The van der Waals surface area contributed by atoms with Crippen molar-refractivity contribution in [2.24, 2.45) is 5.92 Å². The first-order valence-corrected chi connectivity index (χ1v) is 12.8. The Balaban J connectivity index is 1.58. The van der Waals surface area contributed by atoms with E-state index in [1.165, 1.54) is 63.4 Å². The van der Waals surface area contributed by atoms with Gasteiger partial charge in [-0.1, -0.05) is 76.6 Å².